The highest BCUT2D eigenvalue weighted by Gasteiger charge is 2.18. The van der Waals surface area contributed by atoms with Crippen molar-refractivity contribution in [3.05, 3.63) is 34.1 Å². The molecule has 1 aliphatic rings. The Balaban J connectivity index is 1.79. The number of halogens is 2. The fraction of sp³-hybridized carbons (Fsp3) is 0.600. The molecule has 1 N–H and O–H groups in total. The van der Waals surface area contributed by atoms with E-state index in [-0.39, 0.29) is 5.82 Å². The maximum atomic E-state index is 13.6. The van der Waals surface area contributed by atoms with Crippen LogP contribution in [-0.4, -0.2) is 30.6 Å². The standard InChI is InChI=1S/C15H22BrFN2/c1-2-7-19-8-5-14(6-9-19)18-11-12-10-13(16)3-4-15(12)17/h3-4,10,14,18H,2,5-9,11H2,1H3. The predicted octanol–water partition coefficient (Wildman–Crippen LogP) is 3.55. The van der Waals surface area contributed by atoms with Crippen molar-refractivity contribution in [3.63, 3.8) is 0 Å². The number of likely N-dealkylation sites (tertiary alicyclic amines) is 1. The highest BCUT2D eigenvalue weighted by molar-refractivity contribution is 9.10. The first kappa shape index (κ1) is 14.9. The van der Waals surface area contributed by atoms with E-state index in [2.05, 4.69) is 33.1 Å². The molecule has 0 radical (unpaired) electrons. The maximum absolute atomic E-state index is 13.6. The molecule has 0 saturated carbocycles. The van der Waals surface area contributed by atoms with E-state index in [1.807, 2.05) is 6.07 Å². The zero-order valence-corrected chi connectivity index (χ0v) is 13.0. The average molecular weight is 329 g/mol. The highest BCUT2D eigenvalue weighted by atomic mass is 79.9. The number of nitrogens with one attached hydrogen (secondary N) is 1. The second-order valence-electron chi connectivity index (χ2n) is 5.23. The molecule has 1 heterocycles. The fourth-order valence-corrected chi connectivity index (χ4v) is 3.02. The molecule has 1 aromatic carbocycles. The molecule has 1 aromatic rings. The molecule has 0 spiro atoms. The van der Waals surface area contributed by atoms with Crippen molar-refractivity contribution in [2.45, 2.75) is 38.8 Å². The van der Waals surface area contributed by atoms with Gasteiger partial charge in [0.15, 0.2) is 0 Å². The van der Waals surface area contributed by atoms with Crippen molar-refractivity contribution < 1.29 is 4.39 Å². The Morgan fingerprint density at radius 1 is 1.37 bits per heavy atom. The largest absolute Gasteiger partial charge is 0.310 e. The van der Waals surface area contributed by atoms with E-state index < -0.39 is 0 Å². The molecule has 1 aliphatic heterocycles. The monoisotopic (exact) mass is 328 g/mol. The van der Waals surface area contributed by atoms with Crippen LogP contribution < -0.4 is 5.32 Å². The van der Waals surface area contributed by atoms with E-state index in [1.54, 1.807) is 6.07 Å². The molecule has 2 nitrogen and oxygen atoms in total. The van der Waals surface area contributed by atoms with Crippen molar-refractivity contribution in [1.29, 1.82) is 0 Å². The van der Waals surface area contributed by atoms with Gasteiger partial charge in [-0.1, -0.05) is 22.9 Å². The molecule has 2 rings (SSSR count). The topological polar surface area (TPSA) is 15.3 Å². The van der Waals surface area contributed by atoms with Crippen LogP contribution in [0.3, 0.4) is 0 Å². The lowest BCUT2D eigenvalue weighted by molar-refractivity contribution is 0.197. The van der Waals surface area contributed by atoms with Crippen LogP contribution in [0.1, 0.15) is 31.7 Å². The summed E-state index contributed by atoms with van der Waals surface area (Å²) in [5, 5.41) is 3.48. The summed E-state index contributed by atoms with van der Waals surface area (Å²) in [6, 6.07) is 5.63. The van der Waals surface area contributed by atoms with Crippen molar-refractivity contribution in [2.75, 3.05) is 19.6 Å². The van der Waals surface area contributed by atoms with E-state index in [0.29, 0.717) is 12.6 Å². The number of hydrogen-bond acceptors (Lipinski definition) is 2. The Hall–Kier alpha value is -0.450. The van der Waals surface area contributed by atoms with Gasteiger partial charge in [0.1, 0.15) is 5.82 Å². The molecule has 0 amide bonds. The first-order valence-electron chi connectivity index (χ1n) is 7.08. The van der Waals surface area contributed by atoms with Crippen LogP contribution in [0.25, 0.3) is 0 Å². The predicted molar refractivity (Wildman–Crippen MR) is 80.7 cm³/mol. The summed E-state index contributed by atoms with van der Waals surface area (Å²) in [6.45, 7) is 6.36. The minimum Gasteiger partial charge on any atom is -0.310 e. The van der Waals surface area contributed by atoms with Gasteiger partial charge in [-0.05, 0) is 57.1 Å². The third-order valence-corrected chi connectivity index (χ3v) is 4.21. The molecule has 0 unspecified atom stereocenters. The molecule has 0 bridgehead atoms. The molecule has 0 aromatic heterocycles. The molecule has 19 heavy (non-hydrogen) atoms. The van der Waals surface area contributed by atoms with Crippen LogP contribution >= 0.6 is 15.9 Å². The number of rotatable bonds is 5. The van der Waals surface area contributed by atoms with Crippen LogP contribution in [-0.2, 0) is 6.54 Å². The Morgan fingerprint density at radius 3 is 2.79 bits per heavy atom. The van der Waals surface area contributed by atoms with Gasteiger partial charge >= 0.3 is 0 Å². The Kier molecular flexibility index (Phi) is 5.79. The van der Waals surface area contributed by atoms with Gasteiger partial charge < -0.3 is 10.2 Å². The Labute approximate surface area is 123 Å². The molecule has 106 valence electrons. The summed E-state index contributed by atoms with van der Waals surface area (Å²) >= 11 is 3.39. The second-order valence-corrected chi connectivity index (χ2v) is 6.15. The van der Waals surface area contributed by atoms with Gasteiger partial charge in [-0.3, -0.25) is 0 Å². The van der Waals surface area contributed by atoms with Gasteiger partial charge in [0, 0.05) is 22.6 Å². The van der Waals surface area contributed by atoms with Crippen molar-refractivity contribution in [2.24, 2.45) is 0 Å². The summed E-state index contributed by atoms with van der Waals surface area (Å²) in [6.07, 6.45) is 3.55. The van der Waals surface area contributed by atoms with Crippen LogP contribution in [0.15, 0.2) is 22.7 Å². The first-order chi connectivity index (χ1) is 9.19. The second kappa shape index (κ2) is 7.36. The lowest BCUT2D eigenvalue weighted by atomic mass is 10.0. The van der Waals surface area contributed by atoms with Gasteiger partial charge in [0.05, 0.1) is 0 Å². The van der Waals surface area contributed by atoms with Crippen LogP contribution in [0.4, 0.5) is 4.39 Å². The average Bonchev–Trinajstić information content (AvgIpc) is 2.42. The zero-order chi connectivity index (χ0) is 13.7. The van der Waals surface area contributed by atoms with Crippen molar-refractivity contribution in [3.8, 4) is 0 Å². The summed E-state index contributed by atoms with van der Waals surface area (Å²) in [7, 11) is 0. The SMILES string of the molecule is CCCN1CCC(NCc2cc(Br)ccc2F)CC1. The summed E-state index contributed by atoms with van der Waals surface area (Å²) < 4.78 is 14.6. The van der Waals surface area contributed by atoms with E-state index in [4.69, 9.17) is 0 Å². The molecule has 1 fully saturated rings. The van der Waals surface area contributed by atoms with Gasteiger partial charge in [-0.2, -0.15) is 0 Å². The third-order valence-electron chi connectivity index (χ3n) is 3.72. The number of piperidine rings is 1. The van der Waals surface area contributed by atoms with E-state index >= 15 is 0 Å². The van der Waals surface area contributed by atoms with Crippen LogP contribution in [0.2, 0.25) is 0 Å². The summed E-state index contributed by atoms with van der Waals surface area (Å²) in [4.78, 5) is 2.51. The van der Waals surface area contributed by atoms with Gasteiger partial charge in [-0.15, -0.1) is 0 Å². The van der Waals surface area contributed by atoms with Crippen LogP contribution in [0.5, 0.6) is 0 Å². The number of benzene rings is 1. The highest BCUT2D eigenvalue weighted by Crippen LogP contribution is 2.17. The van der Waals surface area contributed by atoms with Crippen molar-refractivity contribution >= 4 is 15.9 Å². The number of hydrogen-bond donors (Lipinski definition) is 1. The van der Waals surface area contributed by atoms with Crippen molar-refractivity contribution in [1.82, 2.24) is 10.2 Å². The van der Waals surface area contributed by atoms with Crippen LogP contribution in [0, 0.1) is 5.82 Å². The molecule has 0 atom stereocenters. The molecule has 1 saturated heterocycles. The van der Waals surface area contributed by atoms with E-state index in [1.165, 1.54) is 19.0 Å². The van der Waals surface area contributed by atoms with E-state index in [9.17, 15) is 4.39 Å². The Bertz CT molecular complexity index is 403. The third kappa shape index (κ3) is 4.55. The minimum absolute atomic E-state index is 0.126. The summed E-state index contributed by atoms with van der Waals surface area (Å²) in [5.41, 5.74) is 0.741. The van der Waals surface area contributed by atoms with Gasteiger partial charge in [0.25, 0.3) is 0 Å². The minimum atomic E-state index is -0.126. The quantitative estimate of drug-likeness (QED) is 0.889. The van der Waals surface area contributed by atoms with Gasteiger partial charge in [0.2, 0.25) is 0 Å². The van der Waals surface area contributed by atoms with Gasteiger partial charge in [-0.25, -0.2) is 4.39 Å². The smallest absolute Gasteiger partial charge is 0.127 e. The lowest BCUT2D eigenvalue weighted by Gasteiger charge is -2.32. The lowest BCUT2D eigenvalue weighted by Crippen LogP contribution is -2.42. The molecule has 4 heteroatoms. The Morgan fingerprint density at radius 2 is 2.11 bits per heavy atom. The first-order valence-corrected chi connectivity index (χ1v) is 7.88. The zero-order valence-electron chi connectivity index (χ0n) is 11.5. The molecular formula is C15H22BrFN2. The number of nitrogens with zero attached hydrogens (tertiary/aromatic N) is 1. The normalized spacial score (nSPS) is 17.8. The molecule has 0 aliphatic carbocycles. The maximum Gasteiger partial charge on any atom is 0.127 e. The van der Waals surface area contributed by atoms with E-state index in [0.717, 1.165) is 36.0 Å². The summed E-state index contributed by atoms with van der Waals surface area (Å²) in [5.74, 6) is -0.126. The fourth-order valence-electron chi connectivity index (χ4n) is 2.61. The molecular weight excluding hydrogens is 307 g/mol.